The lowest BCUT2D eigenvalue weighted by Gasteiger charge is -2.04. The number of rotatable bonds is 8. The third-order valence-electron chi connectivity index (χ3n) is 3.18. The zero-order valence-electron chi connectivity index (χ0n) is 13.8. The van der Waals surface area contributed by atoms with Gasteiger partial charge >= 0.3 is 0 Å². The van der Waals surface area contributed by atoms with Crippen LogP contribution < -0.4 is 10.6 Å². The highest BCUT2D eigenvalue weighted by molar-refractivity contribution is 7.99. The van der Waals surface area contributed by atoms with Crippen LogP contribution in [0.3, 0.4) is 0 Å². The summed E-state index contributed by atoms with van der Waals surface area (Å²) in [5.74, 6) is 1.32. The molecule has 0 aliphatic heterocycles. The number of amides is 1. The van der Waals surface area contributed by atoms with Gasteiger partial charge < -0.3 is 15.2 Å². The Kier molecular flexibility index (Phi) is 6.42. The molecular weight excluding hydrogens is 394 g/mol. The van der Waals surface area contributed by atoms with Crippen molar-refractivity contribution < 1.29 is 4.79 Å². The van der Waals surface area contributed by atoms with Gasteiger partial charge in [0.15, 0.2) is 10.3 Å². The predicted octanol–water partition coefficient (Wildman–Crippen LogP) is 2.51. The van der Waals surface area contributed by atoms with Gasteiger partial charge in [-0.2, -0.15) is 0 Å². The van der Waals surface area contributed by atoms with Gasteiger partial charge in [-0.15, -0.1) is 21.5 Å². The summed E-state index contributed by atoms with van der Waals surface area (Å²) in [6.45, 7) is 0.556. The van der Waals surface area contributed by atoms with Crippen LogP contribution in [-0.2, 0) is 18.3 Å². The number of thiazole rings is 1. The smallest absolute Gasteiger partial charge is 0.226 e. The number of nitrogens with zero attached hydrogens (tertiary/aromatic N) is 5. The number of aromatic nitrogens is 5. The molecule has 0 radical (unpaired) electrons. The molecule has 0 saturated heterocycles. The molecule has 0 atom stereocenters. The Morgan fingerprint density at radius 2 is 2.31 bits per heavy atom. The van der Waals surface area contributed by atoms with E-state index in [-0.39, 0.29) is 12.3 Å². The standard InChI is InChI=1S/C15H16ClN7OS2/c1-23-9-19-22-15(23)25-5-4-17-13(24)6-11-8-26-14(20-11)21-12-3-2-10(16)7-18-12/h2-3,7-9H,4-6H2,1H3,(H,17,24)(H,18,20,21). The summed E-state index contributed by atoms with van der Waals surface area (Å²) in [5, 5.41) is 17.7. The molecule has 8 nitrogen and oxygen atoms in total. The van der Waals surface area contributed by atoms with E-state index in [1.54, 1.807) is 36.4 Å². The van der Waals surface area contributed by atoms with Gasteiger partial charge in [0.25, 0.3) is 0 Å². The molecule has 0 bridgehead atoms. The van der Waals surface area contributed by atoms with Crippen molar-refractivity contribution in [3.05, 3.63) is 40.8 Å². The molecule has 0 spiro atoms. The second-order valence-electron chi connectivity index (χ2n) is 5.23. The van der Waals surface area contributed by atoms with E-state index in [1.807, 2.05) is 17.0 Å². The van der Waals surface area contributed by atoms with Crippen molar-refractivity contribution in [2.75, 3.05) is 17.6 Å². The van der Waals surface area contributed by atoms with Crippen LogP contribution >= 0.6 is 34.7 Å². The lowest BCUT2D eigenvalue weighted by molar-refractivity contribution is -0.120. The van der Waals surface area contributed by atoms with Crippen LogP contribution in [0.15, 0.2) is 35.2 Å². The number of carbonyl (C=O) groups excluding carboxylic acids is 1. The summed E-state index contributed by atoms with van der Waals surface area (Å²) < 4.78 is 1.84. The third-order valence-corrected chi connectivity index (χ3v) is 5.25. The van der Waals surface area contributed by atoms with Gasteiger partial charge in [-0.1, -0.05) is 23.4 Å². The van der Waals surface area contributed by atoms with Crippen LogP contribution in [0.25, 0.3) is 0 Å². The SMILES string of the molecule is Cn1cnnc1SCCNC(=O)Cc1csc(Nc2ccc(Cl)cn2)n1. The Labute approximate surface area is 163 Å². The second-order valence-corrected chi connectivity index (χ2v) is 7.59. The van der Waals surface area contributed by atoms with Crippen molar-refractivity contribution in [3.63, 3.8) is 0 Å². The predicted molar refractivity (Wildman–Crippen MR) is 103 cm³/mol. The zero-order chi connectivity index (χ0) is 18.4. The van der Waals surface area contributed by atoms with Gasteiger partial charge in [0.2, 0.25) is 5.91 Å². The minimum absolute atomic E-state index is 0.0648. The van der Waals surface area contributed by atoms with E-state index in [9.17, 15) is 4.79 Å². The van der Waals surface area contributed by atoms with Crippen LogP contribution in [0.2, 0.25) is 5.02 Å². The normalized spacial score (nSPS) is 10.7. The lowest BCUT2D eigenvalue weighted by Crippen LogP contribution is -2.27. The minimum Gasteiger partial charge on any atom is -0.355 e. The quantitative estimate of drug-likeness (QED) is 0.435. The van der Waals surface area contributed by atoms with E-state index >= 15 is 0 Å². The van der Waals surface area contributed by atoms with E-state index in [2.05, 4.69) is 30.8 Å². The molecule has 3 rings (SSSR count). The fourth-order valence-corrected chi connectivity index (χ4v) is 3.54. The first-order valence-corrected chi connectivity index (χ1v) is 9.91. The Morgan fingerprint density at radius 1 is 1.42 bits per heavy atom. The number of hydrogen-bond acceptors (Lipinski definition) is 8. The average molecular weight is 410 g/mol. The first kappa shape index (κ1) is 18.6. The Balaban J connectivity index is 1.41. The van der Waals surface area contributed by atoms with E-state index in [1.165, 1.54) is 11.3 Å². The van der Waals surface area contributed by atoms with Crippen LogP contribution in [-0.4, -0.2) is 42.9 Å². The van der Waals surface area contributed by atoms with Crippen LogP contribution in [0, 0.1) is 0 Å². The molecule has 0 unspecified atom stereocenters. The number of thioether (sulfide) groups is 1. The molecule has 136 valence electrons. The molecule has 26 heavy (non-hydrogen) atoms. The van der Waals surface area contributed by atoms with Crippen molar-refractivity contribution in [3.8, 4) is 0 Å². The highest BCUT2D eigenvalue weighted by Gasteiger charge is 2.09. The van der Waals surface area contributed by atoms with Gasteiger partial charge in [-0.3, -0.25) is 4.79 Å². The summed E-state index contributed by atoms with van der Waals surface area (Å²) in [7, 11) is 1.88. The fourth-order valence-electron chi connectivity index (χ4n) is 1.97. The maximum atomic E-state index is 12.0. The van der Waals surface area contributed by atoms with Crippen molar-refractivity contribution in [2.24, 2.45) is 7.05 Å². The summed E-state index contributed by atoms with van der Waals surface area (Å²) in [4.78, 5) is 20.6. The molecule has 3 aromatic rings. The molecule has 3 aromatic heterocycles. The monoisotopic (exact) mass is 409 g/mol. The molecule has 0 aromatic carbocycles. The minimum atomic E-state index is -0.0648. The summed E-state index contributed by atoms with van der Waals surface area (Å²) in [5.41, 5.74) is 0.713. The number of carbonyl (C=O) groups is 1. The lowest BCUT2D eigenvalue weighted by atomic mass is 10.3. The molecule has 0 fully saturated rings. The van der Waals surface area contributed by atoms with Gasteiger partial charge in [0.05, 0.1) is 17.1 Å². The Hall–Kier alpha value is -2.17. The van der Waals surface area contributed by atoms with E-state index in [0.29, 0.717) is 28.2 Å². The number of nitrogens with one attached hydrogen (secondary N) is 2. The first-order chi connectivity index (χ1) is 12.6. The molecule has 0 aliphatic carbocycles. The van der Waals surface area contributed by atoms with Gasteiger partial charge in [-0.05, 0) is 12.1 Å². The highest BCUT2D eigenvalue weighted by Crippen LogP contribution is 2.20. The van der Waals surface area contributed by atoms with Crippen molar-refractivity contribution in [1.82, 2.24) is 30.0 Å². The van der Waals surface area contributed by atoms with Crippen LogP contribution in [0.5, 0.6) is 0 Å². The van der Waals surface area contributed by atoms with E-state index in [4.69, 9.17) is 11.6 Å². The number of hydrogen-bond donors (Lipinski definition) is 2. The van der Waals surface area contributed by atoms with Crippen molar-refractivity contribution >= 4 is 51.6 Å². The maximum Gasteiger partial charge on any atom is 0.226 e. The van der Waals surface area contributed by atoms with Gasteiger partial charge in [0, 0.05) is 30.9 Å². The first-order valence-electron chi connectivity index (χ1n) is 7.66. The third kappa shape index (κ3) is 5.41. The zero-order valence-corrected chi connectivity index (χ0v) is 16.2. The number of halogens is 1. The number of pyridine rings is 1. The maximum absolute atomic E-state index is 12.0. The molecule has 3 heterocycles. The Bertz CT molecular complexity index is 865. The molecule has 0 saturated carbocycles. The summed E-state index contributed by atoms with van der Waals surface area (Å²) in [6, 6.07) is 3.52. The average Bonchev–Trinajstić information content (AvgIpc) is 3.23. The number of anilines is 2. The molecule has 0 aliphatic rings. The Morgan fingerprint density at radius 3 is 3.04 bits per heavy atom. The molecule has 1 amide bonds. The second kappa shape index (κ2) is 8.97. The summed E-state index contributed by atoms with van der Waals surface area (Å²) in [6.07, 6.45) is 3.44. The topological polar surface area (TPSA) is 97.6 Å². The van der Waals surface area contributed by atoms with E-state index in [0.717, 1.165) is 10.9 Å². The molecule has 2 N–H and O–H groups in total. The van der Waals surface area contributed by atoms with Gasteiger partial charge in [0.1, 0.15) is 12.1 Å². The van der Waals surface area contributed by atoms with Crippen molar-refractivity contribution in [1.29, 1.82) is 0 Å². The molecular formula is C15H16ClN7OS2. The van der Waals surface area contributed by atoms with Crippen LogP contribution in [0.4, 0.5) is 10.9 Å². The van der Waals surface area contributed by atoms with Crippen molar-refractivity contribution in [2.45, 2.75) is 11.6 Å². The van der Waals surface area contributed by atoms with E-state index < -0.39 is 0 Å². The summed E-state index contributed by atoms with van der Waals surface area (Å²) >= 11 is 8.77. The van der Waals surface area contributed by atoms with Gasteiger partial charge in [-0.25, -0.2) is 9.97 Å². The largest absolute Gasteiger partial charge is 0.355 e. The van der Waals surface area contributed by atoms with Crippen LogP contribution in [0.1, 0.15) is 5.69 Å². The molecule has 11 heteroatoms. The fraction of sp³-hybridized carbons (Fsp3) is 0.267. The number of aryl methyl sites for hydroxylation is 1. The highest BCUT2D eigenvalue weighted by atomic mass is 35.5.